The number of likely N-dealkylation sites (tertiary alicyclic amines) is 1. The van der Waals surface area contributed by atoms with E-state index in [0.717, 1.165) is 12.8 Å². The second kappa shape index (κ2) is 5.81. The summed E-state index contributed by atoms with van der Waals surface area (Å²) in [5, 5.41) is 0. The number of ether oxygens (including phenoxy) is 1. The lowest BCUT2D eigenvalue weighted by Crippen LogP contribution is -2.44. The van der Waals surface area contributed by atoms with E-state index in [1.807, 2.05) is 0 Å². The number of amides is 2. The number of methoxy groups -OCH3 is 1. The zero-order valence-corrected chi connectivity index (χ0v) is 11.5. The number of nitrogens with zero attached hydrogens (tertiary/aromatic N) is 1. The number of hydrogen-bond donors (Lipinski definition) is 2. The van der Waals surface area contributed by atoms with Crippen molar-refractivity contribution in [1.29, 1.82) is 0 Å². The number of carbonyl (C=O) groups is 2. The molecule has 108 valence electrons. The SMILES string of the molecule is COc1cc(N)cc(C(=O)N2CCCC(C(N)=O)C2)c1. The fourth-order valence-corrected chi connectivity index (χ4v) is 2.44. The molecule has 4 N–H and O–H groups in total. The van der Waals surface area contributed by atoms with Gasteiger partial charge in [-0.25, -0.2) is 0 Å². The molecule has 1 unspecified atom stereocenters. The highest BCUT2D eigenvalue weighted by Crippen LogP contribution is 2.22. The molecule has 1 atom stereocenters. The molecule has 1 saturated heterocycles. The first-order chi connectivity index (χ1) is 9.51. The molecule has 0 aromatic heterocycles. The molecule has 0 aliphatic carbocycles. The van der Waals surface area contributed by atoms with Crippen molar-refractivity contribution in [3.8, 4) is 5.75 Å². The minimum atomic E-state index is -0.354. The van der Waals surface area contributed by atoms with Crippen LogP contribution in [0.1, 0.15) is 23.2 Å². The van der Waals surface area contributed by atoms with Crippen molar-refractivity contribution in [2.24, 2.45) is 11.7 Å². The molecule has 20 heavy (non-hydrogen) atoms. The molecule has 2 rings (SSSR count). The van der Waals surface area contributed by atoms with E-state index in [-0.39, 0.29) is 17.7 Å². The molecule has 1 heterocycles. The van der Waals surface area contributed by atoms with Crippen LogP contribution in [-0.2, 0) is 4.79 Å². The van der Waals surface area contributed by atoms with Crippen molar-refractivity contribution in [3.05, 3.63) is 23.8 Å². The van der Waals surface area contributed by atoms with E-state index in [0.29, 0.717) is 30.1 Å². The van der Waals surface area contributed by atoms with Crippen molar-refractivity contribution in [1.82, 2.24) is 4.90 Å². The molecule has 0 bridgehead atoms. The number of carbonyl (C=O) groups excluding carboxylic acids is 2. The predicted octanol–water partition coefficient (Wildman–Crippen LogP) is 0.615. The van der Waals surface area contributed by atoms with Gasteiger partial charge in [-0.3, -0.25) is 9.59 Å². The Bertz CT molecular complexity index is 530. The van der Waals surface area contributed by atoms with Crippen LogP contribution in [0.25, 0.3) is 0 Å². The number of rotatable bonds is 3. The van der Waals surface area contributed by atoms with Crippen molar-refractivity contribution < 1.29 is 14.3 Å². The van der Waals surface area contributed by atoms with Crippen LogP contribution in [0, 0.1) is 5.92 Å². The first-order valence-corrected chi connectivity index (χ1v) is 6.54. The Kier molecular flexibility index (Phi) is 4.12. The normalized spacial score (nSPS) is 18.6. The Morgan fingerprint density at radius 3 is 2.75 bits per heavy atom. The van der Waals surface area contributed by atoms with Gasteiger partial charge in [-0.1, -0.05) is 0 Å². The third-order valence-electron chi connectivity index (χ3n) is 3.52. The second-order valence-electron chi connectivity index (χ2n) is 4.99. The summed E-state index contributed by atoms with van der Waals surface area (Å²) in [5.41, 5.74) is 12.0. The van der Waals surface area contributed by atoms with Gasteiger partial charge in [0.1, 0.15) is 5.75 Å². The molecule has 1 aromatic rings. The third-order valence-corrected chi connectivity index (χ3v) is 3.52. The van der Waals surface area contributed by atoms with Crippen LogP contribution in [-0.4, -0.2) is 36.9 Å². The van der Waals surface area contributed by atoms with E-state index in [4.69, 9.17) is 16.2 Å². The first-order valence-electron chi connectivity index (χ1n) is 6.54. The molecule has 6 nitrogen and oxygen atoms in total. The highest BCUT2D eigenvalue weighted by atomic mass is 16.5. The molecule has 1 aliphatic rings. The van der Waals surface area contributed by atoms with Crippen LogP contribution in [0.5, 0.6) is 5.75 Å². The Balaban J connectivity index is 2.18. The number of hydrogen-bond acceptors (Lipinski definition) is 4. The van der Waals surface area contributed by atoms with Crippen LogP contribution in [0.2, 0.25) is 0 Å². The van der Waals surface area contributed by atoms with Gasteiger partial charge in [-0.05, 0) is 25.0 Å². The van der Waals surface area contributed by atoms with E-state index < -0.39 is 0 Å². The monoisotopic (exact) mass is 277 g/mol. The maximum atomic E-state index is 12.5. The fraction of sp³-hybridized carbons (Fsp3) is 0.429. The summed E-state index contributed by atoms with van der Waals surface area (Å²) in [4.78, 5) is 25.4. The number of nitrogens with two attached hydrogens (primary N) is 2. The molecule has 0 radical (unpaired) electrons. The molecule has 6 heteroatoms. The van der Waals surface area contributed by atoms with Gasteiger partial charge in [0.2, 0.25) is 5.91 Å². The highest BCUT2D eigenvalue weighted by Gasteiger charge is 2.27. The fourth-order valence-electron chi connectivity index (χ4n) is 2.44. The average Bonchev–Trinajstić information content (AvgIpc) is 2.45. The molecular formula is C14H19N3O3. The minimum Gasteiger partial charge on any atom is -0.497 e. The van der Waals surface area contributed by atoms with E-state index in [9.17, 15) is 9.59 Å². The number of nitrogen functional groups attached to an aromatic ring is 1. The van der Waals surface area contributed by atoms with E-state index >= 15 is 0 Å². The predicted molar refractivity (Wildman–Crippen MR) is 75.2 cm³/mol. The summed E-state index contributed by atoms with van der Waals surface area (Å²) >= 11 is 0. The number of anilines is 1. The summed E-state index contributed by atoms with van der Waals surface area (Å²) in [5.74, 6) is -0.235. The van der Waals surface area contributed by atoms with Gasteiger partial charge in [-0.15, -0.1) is 0 Å². The molecule has 1 aliphatic heterocycles. The minimum absolute atomic E-state index is 0.151. The summed E-state index contributed by atoms with van der Waals surface area (Å²) in [7, 11) is 1.52. The summed E-state index contributed by atoms with van der Waals surface area (Å²) in [6, 6.07) is 4.91. The van der Waals surface area contributed by atoms with Gasteiger partial charge in [0.15, 0.2) is 0 Å². The lowest BCUT2D eigenvalue weighted by molar-refractivity contribution is -0.123. The molecule has 1 aromatic carbocycles. The maximum Gasteiger partial charge on any atom is 0.254 e. The quantitative estimate of drug-likeness (QED) is 0.791. The molecule has 2 amide bonds. The van der Waals surface area contributed by atoms with Gasteiger partial charge < -0.3 is 21.1 Å². The van der Waals surface area contributed by atoms with Crippen LogP contribution >= 0.6 is 0 Å². The number of benzene rings is 1. The van der Waals surface area contributed by atoms with E-state index in [2.05, 4.69) is 0 Å². The Morgan fingerprint density at radius 1 is 1.35 bits per heavy atom. The van der Waals surface area contributed by atoms with Crippen molar-refractivity contribution in [2.75, 3.05) is 25.9 Å². The Labute approximate surface area is 117 Å². The lowest BCUT2D eigenvalue weighted by Gasteiger charge is -2.31. The molecule has 1 fully saturated rings. The first kappa shape index (κ1) is 14.2. The smallest absolute Gasteiger partial charge is 0.254 e. The average molecular weight is 277 g/mol. The van der Waals surface area contributed by atoms with Crippen molar-refractivity contribution in [3.63, 3.8) is 0 Å². The van der Waals surface area contributed by atoms with Gasteiger partial charge in [-0.2, -0.15) is 0 Å². The van der Waals surface area contributed by atoms with Crippen molar-refractivity contribution in [2.45, 2.75) is 12.8 Å². The van der Waals surface area contributed by atoms with Crippen LogP contribution in [0.4, 0.5) is 5.69 Å². The summed E-state index contributed by atoms with van der Waals surface area (Å²) in [6.07, 6.45) is 1.51. The summed E-state index contributed by atoms with van der Waals surface area (Å²) < 4.78 is 5.11. The van der Waals surface area contributed by atoms with E-state index in [1.54, 1.807) is 23.1 Å². The number of piperidine rings is 1. The number of primary amides is 1. The lowest BCUT2D eigenvalue weighted by atomic mass is 9.97. The van der Waals surface area contributed by atoms with Gasteiger partial charge in [0.25, 0.3) is 5.91 Å². The largest absolute Gasteiger partial charge is 0.497 e. The van der Waals surface area contributed by atoms with Crippen LogP contribution in [0.3, 0.4) is 0 Å². The van der Waals surface area contributed by atoms with Crippen molar-refractivity contribution >= 4 is 17.5 Å². The van der Waals surface area contributed by atoms with E-state index in [1.165, 1.54) is 7.11 Å². The molecule has 0 spiro atoms. The van der Waals surface area contributed by atoms with Crippen LogP contribution < -0.4 is 16.2 Å². The molecule has 0 saturated carbocycles. The highest BCUT2D eigenvalue weighted by molar-refractivity contribution is 5.96. The second-order valence-corrected chi connectivity index (χ2v) is 4.99. The zero-order chi connectivity index (χ0) is 14.7. The topological polar surface area (TPSA) is 98.7 Å². The third kappa shape index (κ3) is 3.01. The zero-order valence-electron chi connectivity index (χ0n) is 11.5. The van der Waals surface area contributed by atoms with Gasteiger partial charge in [0, 0.05) is 30.4 Å². The maximum absolute atomic E-state index is 12.5. The van der Waals surface area contributed by atoms with Gasteiger partial charge in [0.05, 0.1) is 13.0 Å². The Morgan fingerprint density at radius 2 is 2.10 bits per heavy atom. The summed E-state index contributed by atoms with van der Waals surface area (Å²) in [6.45, 7) is 0.991. The van der Waals surface area contributed by atoms with Crippen LogP contribution in [0.15, 0.2) is 18.2 Å². The van der Waals surface area contributed by atoms with Gasteiger partial charge >= 0.3 is 0 Å². The Hall–Kier alpha value is -2.24. The molecular weight excluding hydrogens is 258 g/mol. The standard InChI is InChI=1S/C14H19N3O3/c1-20-12-6-10(5-11(15)7-12)14(19)17-4-2-3-9(8-17)13(16)18/h5-7,9H,2-4,8,15H2,1H3,(H2,16,18).